The summed E-state index contributed by atoms with van der Waals surface area (Å²) in [6.07, 6.45) is 0.790. The predicted octanol–water partition coefficient (Wildman–Crippen LogP) is 4.69. The highest BCUT2D eigenvalue weighted by Crippen LogP contribution is 2.36. The zero-order valence-corrected chi connectivity index (χ0v) is 14.7. The SMILES string of the molecule is O=S(c1cc(F)cc(Cl)c1)c1cc(Cl)c2oc3c(c2c1)CNCC3. The lowest BCUT2D eigenvalue weighted by atomic mass is 10.1. The molecule has 1 atom stereocenters. The third kappa shape index (κ3) is 2.75. The van der Waals surface area contributed by atoms with E-state index in [1.807, 2.05) is 0 Å². The second kappa shape index (κ2) is 6.15. The molecule has 124 valence electrons. The van der Waals surface area contributed by atoms with Gasteiger partial charge in [-0.25, -0.2) is 8.60 Å². The van der Waals surface area contributed by atoms with Gasteiger partial charge in [0.25, 0.3) is 0 Å². The fourth-order valence-corrected chi connectivity index (χ4v) is 4.71. The third-order valence-electron chi connectivity index (χ3n) is 4.00. The quantitative estimate of drug-likeness (QED) is 0.697. The average Bonchev–Trinajstić information content (AvgIpc) is 2.93. The molecule has 0 spiro atoms. The van der Waals surface area contributed by atoms with Crippen LogP contribution < -0.4 is 5.32 Å². The first-order chi connectivity index (χ1) is 11.5. The molecule has 1 unspecified atom stereocenters. The number of hydrogen-bond acceptors (Lipinski definition) is 3. The van der Waals surface area contributed by atoms with Crippen molar-refractivity contribution in [3.8, 4) is 0 Å². The van der Waals surface area contributed by atoms with Crippen LogP contribution in [0.3, 0.4) is 0 Å². The molecule has 7 heteroatoms. The Morgan fingerprint density at radius 1 is 1.12 bits per heavy atom. The van der Waals surface area contributed by atoms with Crippen molar-refractivity contribution in [2.24, 2.45) is 0 Å². The molecule has 1 aliphatic rings. The number of halogens is 3. The second-order valence-corrected chi connectivity index (χ2v) is 7.91. The van der Waals surface area contributed by atoms with Gasteiger partial charge in [-0.3, -0.25) is 0 Å². The van der Waals surface area contributed by atoms with E-state index in [1.54, 1.807) is 12.1 Å². The number of fused-ring (bicyclic) bond motifs is 3. The van der Waals surface area contributed by atoms with Crippen LogP contribution in [0.5, 0.6) is 0 Å². The van der Waals surface area contributed by atoms with Crippen molar-refractivity contribution in [1.82, 2.24) is 5.32 Å². The molecule has 1 aliphatic heterocycles. The number of rotatable bonds is 2. The predicted molar refractivity (Wildman–Crippen MR) is 92.7 cm³/mol. The van der Waals surface area contributed by atoms with E-state index >= 15 is 0 Å². The number of nitrogens with one attached hydrogen (secondary N) is 1. The maximum Gasteiger partial charge on any atom is 0.153 e. The van der Waals surface area contributed by atoms with Crippen LogP contribution in [0, 0.1) is 5.82 Å². The van der Waals surface area contributed by atoms with Crippen LogP contribution in [0.4, 0.5) is 4.39 Å². The summed E-state index contributed by atoms with van der Waals surface area (Å²) in [4.78, 5) is 0.786. The molecule has 1 N–H and O–H groups in total. The smallest absolute Gasteiger partial charge is 0.153 e. The lowest BCUT2D eigenvalue weighted by molar-refractivity contribution is 0.500. The van der Waals surface area contributed by atoms with Gasteiger partial charge in [0, 0.05) is 45.3 Å². The largest absolute Gasteiger partial charge is 0.459 e. The van der Waals surface area contributed by atoms with E-state index < -0.39 is 16.6 Å². The van der Waals surface area contributed by atoms with Gasteiger partial charge in [0.2, 0.25) is 0 Å². The Morgan fingerprint density at radius 3 is 2.71 bits per heavy atom. The molecule has 1 aromatic heterocycles. The van der Waals surface area contributed by atoms with Crippen molar-refractivity contribution in [2.45, 2.75) is 22.8 Å². The molecule has 4 rings (SSSR count). The van der Waals surface area contributed by atoms with Crippen molar-refractivity contribution >= 4 is 45.0 Å². The second-order valence-electron chi connectivity index (χ2n) is 5.59. The molecule has 0 radical (unpaired) electrons. The van der Waals surface area contributed by atoms with Crippen molar-refractivity contribution in [2.75, 3.05) is 6.54 Å². The number of furan rings is 1. The fourth-order valence-electron chi connectivity index (χ4n) is 2.92. The molecule has 24 heavy (non-hydrogen) atoms. The highest BCUT2D eigenvalue weighted by Gasteiger charge is 2.21. The molecule has 3 nitrogen and oxygen atoms in total. The van der Waals surface area contributed by atoms with Crippen molar-refractivity contribution in [1.29, 1.82) is 0 Å². The Labute approximate surface area is 150 Å². The van der Waals surface area contributed by atoms with Gasteiger partial charge >= 0.3 is 0 Å². The molecular formula is C17H12Cl2FNO2S. The van der Waals surface area contributed by atoms with Gasteiger partial charge in [0.1, 0.15) is 11.6 Å². The van der Waals surface area contributed by atoms with Gasteiger partial charge in [-0.2, -0.15) is 0 Å². The molecule has 0 saturated heterocycles. The highest BCUT2D eigenvalue weighted by atomic mass is 35.5. The zero-order chi connectivity index (χ0) is 16.8. The summed E-state index contributed by atoms with van der Waals surface area (Å²) in [5.41, 5.74) is 1.64. The standard InChI is InChI=1S/C17H12Cl2FNO2S/c18-9-3-10(20)5-11(4-9)24(22)12-6-13-14-8-21-2-1-16(14)23-17(13)15(19)7-12/h3-7,21H,1-2,8H2. The van der Waals surface area contributed by atoms with E-state index in [2.05, 4.69) is 5.32 Å². The molecule has 0 fully saturated rings. The van der Waals surface area contributed by atoms with E-state index in [0.29, 0.717) is 26.9 Å². The maximum atomic E-state index is 13.5. The fraction of sp³-hybridized carbons (Fsp3) is 0.176. The Morgan fingerprint density at radius 2 is 1.92 bits per heavy atom. The van der Waals surface area contributed by atoms with Crippen molar-refractivity contribution in [3.63, 3.8) is 0 Å². The summed E-state index contributed by atoms with van der Waals surface area (Å²) in [7, 11) is -1.59. The summed E-state index contributed by atoms with van der Waals surface area (Å²) < 4.78 is 32.2. The first-order valence-corrected chi connectivity index (χ1v) is 9.26. The first kappa shape index (κ1) is 16.1. The number of hydrogen-bond donors (Lipinski definition) is 1. The van der Waals surface area contributed by atoms with Gasteiger partial charge in [-0.05, 0) is 30.3 Å². The van der Waals surface area contributed by atoms with Crippen molar-refractivity contribution < 1.29 is 13.0 Å². The van der Waals surface area contributed by atoms with Crippen LogP contribution in [0.2, 0.25) is 10.0 Å². The molecule has 0 aliphatic carbocycles. The summed E-state index contributed by atoms with van der Waals surface area (Å²) in [5, 5.41) is 4.73. The van der Waals surface area contributed by atoms with Crippen LogP contribution in [-0.2, 0) is 23.8 Å². The minimum absolute atomic E-state index is 0.204. The highest BCUT2D eigenvalue weighted by molar-refractivity contribution is 7.85. The Bertz CT molecular complexity index is 966. The Kier molecular flexibility index (Phi) is 4.12. The molecular weight excluding hydrogens is 372 g/mol. The molecule has 2 aromatic carbocycles. The van der Waals surface area contributed by atoms with E-state index in [0.717, 1.165) is 29.7 Å². The minimum Gasteiger partial charge on any atom is -0.459 e. The molecule has 2 heterocycles. The normalized spacial score (nSPS) is 15.5. The summed E-state index contributed by atoms with van der Waals surface area (Å²) in [6.45, 7) is 1.53. The molecule has 3 aromatic rings. The molecule has 0 bridgehead atoms. The summed E-state index contributed by atoms with van der Waals surface area (Å²) in [5.74, 6) is 0.380. The van der Waals surface area contributed by atoms with Gasteiger partial charge in [-0.1, -0.05) is 23.2 Å². The van der Waals surface area contributed by atoms with Gasteiger partial charge in [-0.15, -0.1) is 0 Å². The van der Waals surface area contributed by atoms with Crippen LogP contribution in [-0.4, -0.2) is 10.8 Å². The van der Waals surface area contributed by atoms with Gasteiger partial charge in [0.15, 0.2) is 5.58 Å². The number of benzene rings is 2. The van der Waals surface area contributed by atoms with Crippen LogP contribution >= 0.6 is 23.2 Å². The van der Waals surface area contributed by atoms with Crippen molar-refractivity contribution in [3.05, 3.63) is 57.5 Å². The van der Waals surface area contributed by atoms with Gasteiger partial charge < -0.3 is 9.73 Å². The maximum absolute atomic E-state index is 13.5. The third-order valence-corrected chi connectivity index (χ3v) is 5.83. The van der Waals surface area contributed by atoms with E-state index in [9.17, 15) is 8.60 Å². The lowest BCUT2D eigenvalue weighted by Crippen LogP contribution is -2.22. The van der Waals surface area contributed by atoms with E-state index in [-0.39, 0.29) is 5.02 Å². The average molecular weight is 384 g/mol. The van der Waals surface area contributed by atoms with Crippen LogP contribution in [0.25, 0.3) is 11.0 Å². The topological polar surface area (TPSA) is 42.2 Å². The van der Waals surface area contributed by atoms with Gasteiger partial charge in [0.05, 0.1) is 15.8 Å². The minimum atomic E-state index is -1.59. The first-order valence-electron chi connectivity index (χ1n) is 7.35. The molecule has 0 amide bonds. The van der Waals surface area contributed by atoms with E-state index in [1.165, 1.54) is 18.2 Å². The van der Waals surface area contributed by atoms with Crippen LogP contribution in [0.15, 0.2) is 44.5 Å². The summed E-state index contributed by atoms with van der Waals surface area (Å²) >= 11 is 12.2. The molecule has 0 saturated carbocycles. The Balaban J connectivity index is 1.86. The van der Waals surface area contributed by atoms with E-state index in [4.69, 9.17) is 27.6 Å². The van der Waals surface area contributed by atoms with Crippen LogP contribution in [0.1, 0.15) is 11.3 Å². The summed E-state index contributed by atoms with van der Waals surface area (Å²) in [6, 6.07) is 7.28. The Hall–Kier alpha value is -1.40. The monoisotopic (exact) mass is 383 g/mol. The zero-order valence-electron chi connectivity index (χ0n) is 12.4. The lowest BCUT2D eigenvalue weighted by Gasteiger charge is -2.11.